The van der Waals surface area contributed by atoms with Gasteiger partial charge in [0.25, 0.3) is 0 Å². The van der Waals surface area contributed by atoms with Crippen LogP contribution in [-0.4, -0.2) is 11.9 Å². The highest BCUT2D eigenvalue weighted by molar-refractivity contribution is 6.39. The molecule has 2 aliphatic rings. The van der Waals surface area contributed by atoms with Gasteiger partial charge in [-0.15, -0.1) is 10.2 Å². The summed E-state index contributed by atoms with van der Waals surface area (Å²) in [6, 6.07) is 0. The van der Waals surface area contributed by atoms with E-state index in [0.29, 0.717) is 11.4 Å². The minimum Gasteiger partial charge on any atom is -0.250 e. The molecule has 0 spiro atoms. The maximum absolute atomic E-state index is 3.67. The van der Waals surface area contributed by atoms with Crippen LogP contribution in [0.25, 0.3) is 0 Å². The minimum absolute atomic E-state index is 0.644. The summed E-state index contributed by atoms with van der Waals surface area (Å²) in [5.41, 5.74) is 1.36. The van der Waals surface area contributed by atoms with Crippen molar-refractivity contribution in [1.29, 1.82) is 0 Å². The number of rotatable bonds is 0. The Morgan fingerprint density at radius 3 is 3.38 bits per heavy atom. The van der Waals surface area contributed by atoms with Crippen molar-refractivity contribution in [2.45, 2.75) is 0 Å². The van der Waals surface area contributed by atoms with Gasteiger partial charge in [0, 0.05) is 0 Å². The molecular formula is C4HN4. The van der Waals surface area contributed by atoms with Crippen molar-refractivity contribution in [3.8, 4) is 0 Å². The van der Waals surface area contributed by atoms with E-state index in [0.717, 1.165) is 0 Å². The normalized spacial score (nSPS) is 21.0. The van der Waals surface area contributed by atoms with Gasteiger partial charge in [0.15, 0.2) is 0 Å². The molecule has 2 rings (SSSR count). The number of nitrogens with zero attached hydrogens (tertiary/aromatic N) is 4. The van der Waals surface area contributed by atoms with Gasteiger partial charge < -0.3 is 0 Å². The molecule has 37 valence electrons. The summed E-state index contributed by atoms with van der Waals surface area (Å²) < 4.78 is 0. The van der Waals surface area contributed by atoms with Crippen molar-refractivity contribution in [3.63, 3.8) is 0 Å². The van der Waals surface area contributed by atoms with Gasteiger partial charge in [-0.3, -0.25) is 0 Å². The maximum atomic E-state index is 3.67. The average Bonchev–Trinajstić information content (AvgIpc) is 2.15. The second-order valence-electron chi connectivity index (χ2n) is 1.39. The Bertz CT molecular complexity index is 206. The Morgan fingerprint density at radius 1 is 1.50 bits per heavy atom. The van der Waals surface area contributed by atoms with E-state index >= 15 is 0 Å². The minimum atomic E-state index is 0.644. The van der Waals surface area contributed by atoms with Crippen LogP contribution in [0.1, 0.15) is 0 Å². The van der Waals surface area contributed by atoms with Crippen LogP contribution in [0.4, 0.5) is 0 Å². The summed E-state index contributed by atoms with van der Waals surface area (Å²) in [6.07, 6.45) is 4.19. The van der Waals surface area contributed by atoms with Crippen LogP contribution in [0.15, 0.2) is 26.1 Å². The first-order valence-electron chi connectivity index (χ1n) is 2.12. The zero-order valence-corrected chi connectivity index (χ0v) is 3.87. The molecule has 2 aliphatic heterocycles. The van der Waals surface area contributed by atoms with Crippen molar-refractivity contribution < 1.29 is 0 Å². The van der Waals surface area contributed by atoms with E-state index in [2.05, 4.69) is 26.6 Å². The Kier molecular flexibility index (Phi) is 0.498. The molecule has 0 atom stereocenters. The molecule has 4 nitrogen and oxygen atoms in total. The molecule has 0 unspecified atom stereocenters. The summed E-state index contributed by atoms with van der Waals surface area (Å²) >= 11 is 0. The van der Waals surface area contributed by atoms with E-state index in [4.69, 9.17) is 0 Å². The zero-order valence-electron chi connectivity index (χ0n) is 3.87. The van der Waals surface area contributed by atoms with Crippen LogP contribution in [0.3, 0.4) is 0 Å². The first-order valence-corrected chi connectivity index (χ1v) is 2.12. The fraction of sp³-hybridized carbons (Fsp3) is 0. The highest BCUT2D eigenvalue weighted by Gasteiger charge is 2.13. The third kappa shape index (κ3) is 0.294. The second-order valence-corrected chi connectivity index (χ2v) is 1.39. The first-order chi connectivity index (χ1) is 3.97. The van der Waals surface area contributed by atoms with Gasteiger partial charge in [0.1, 0.15) is 17.6 Å². The number of allylic oxidation sites excluding steroid dienone is 1. The molecule has 0 fully saturated rings. The lowest BCUT2D eigenvalue weighted by Gasteiger charge is -1.74. The fourth-order valence-electron chi connectivity index (χ4n) is 0.535. The Balaban J connectivity index is 2.59. The molecule has 4 heteroatoms. The standard InChI is InChI=1S/C4HN4/c1-3-4(2-5-1)7-8-6-3/h1H. The lowest BCUT2D eigenvalue weighted by molar-refractivity contribution is 1.09. The number of hydrogen-bond donors (Lipinski definition) is 0. The summed E-state index contributed by atoms with van der Waals surface area (Å²) in [5, 5.41) is 10.6. The van der Waals surface area contributed by atoms with Crippen molar-refractivity contribution in [1.82, 2.24) is 0 Å². The van der Waals surface area contributed by atoms with Crippen molar-refractivity contribution in [3.05, 3.63) is 11.9 Å². The van der Waals surface area contributed by atoms with Crippen molar-refractivity contribution in [2.24, 2.45) is 20.4 Å². The van der Waals surface area contributed by atoms with Gasteiger partial charge >= 0.3 is 0 Å². The highest BCUT2D eigenvalue weighted by atomic mass is 15.4. The summed E-state index contributed by atoms with van der Waals surface area (Å²) in [4.78, 5) is 3.67. The van der Waals surface area contributed by atoms with E-state index in [1.807, 2.05) is 0 Å². The Hall–Kier alpha value is -1.32. The smallest absolute Gasteiger partial charge is 0.145 e. The maximum Gasteiger partial charge on any atom is 0.145 e. The Labute approximate surface area is 45.3 Å². The molecule has 0 aromatic carbocycles. The van der Waals surface area contributed by atoms with Gasteiger partial charge in [0.05, 0.1) is 6.21 Å². The number of fused-ring (bicyclic) bond motifs is 1. The third-order valence-corrected chi connectivity index (χ3v) is 0.897. The van der Waals surface area contributed by atoms with Crippen LogP contribution in [-0.2, 0) is 0 Å². The largest absolute Gasteiger partial charge is 0.250 e. The van der Waals surface area contributed by atoms with Crippen LogP contribution >= 0.6 is 0 Å². The average molecular weight is 105 g/mol. The molecule has 0 saturated heterocycles. The molecule has 8 heavy (non-hydrogen) atoms. The summed E-state index contributed by atoms with van der Waals surface area (Å²) in [5.74, 6) is 0. The topological polar surface area (TPSA) is 49.4 Å². The number of hydrogen-bond acceptors (Lipinski definition) is 4. The third-order valence-electron chi connectivity index (χ3n) is 0.897. The quantitative estimate of drug-likeness (QED) is 0.431. The van der Waals surface area contributed by atoms with Gasteiger partial charge in [-0.25, -0.2) is 4.99 Å². The molecule has 0 aromatic rings. The molecule has 0 bridgehead atoms. The van der Waals surface area contributed by atoms with Gasteiger partial charge in [-0.1, -0.05) is 0 Å². The van der Waals surface area contributed by atoms with E-state index in [1.54, 1.807) is 6.21 Å². The van der Waals surface area contributed by atoms with Crippen LogP contribution in [0, 0.1) is 6.20 Å². The monoisotopic (exact) mass is 105 g/mol. The molecule has 0 N–H and O–H groups in total. The summed E-state index contributed by atoms with van der Waals surface area (Å²) in [6.45, 7) is 0. The molecule has 1 radical (unpaired) electrons. The Morgan fingerprint density at radius 2 is 2.50 bits per heavy atom. The van der Waals surface area contributed by atoms with Crippen LogP contribution in [0.2, 0.25) is 0 Å². The highest BCUT2D eigenvalue weighted by Crippen LogP contribution is 2.11. The van der Waals surface area contributed by atoms with E-state index in [-0.39, 0.29) is 0 Å². The molecule has 0 aromatic heterocycles. The van der Waals surface area contributed by atoms with Crippen molar-refractivity contribution in [2.75, 3.05) is 0 Å². The van der Waals surface area contributed by atoms with Crippen LogP contribution < -0.4 is 0 Å². The molecule has 0 saturated carbocycles. The van der Waals surface area contributed by atoms with E-state index in [9.17, 15) is 0 Å². The van der Waals surface area contributed by atoms with Gasteiger partial charge in [-0.05, 0) is 5.22 Å². The molecule has 2 heterocycles. The van der Waals surface area contributed by atoms with E-state index < -0.39 is 0 Å². The predicted octanol–water partition coefficient (Wildman–Crippen LogP) is 0.537. The first kappa shape index (κ1) is 3.65. The number of aliphatic imine (C=N–C) groups is 1. The summed E-state index contributed by atoms with van der Waals surface area (Å²) in [7, 11) is 0. The zero-order chi connectivity index (χ0) is 5.40. The lowest BCUT2D eigenvalue weighted by atomic mass is 10.4. The predicted molar refractivity (Wildman–Crippen MR) is 27.5 cm³/mol. The van der Waals surface area contributed by atoms with Gasteiger partial charge in [0.2, 0.25) is 0 Å². The molecular weight excluding hydrogens is 104 g/mol. The van der Waals surface area contributed by atoms with Crippen molar-refractivity contribution >= 4 is 11.9 Å². The fourth-order valence-corrected chi connectivity index (χ4v) is 0.535. The molecule has 0 amide bonds. The molecule has 0 aliphatic carbocycles. The van der Waals surface area contributed by atoms with E-state index in [1.165, 1.54) is 0 Å². The SMILES string of the molecule is [C]1=C2N=NN=C2C=N1. The van der Waals surface area contributed by atoms with Crippen LogP contribution in [0.5, 0.6) is 0 Å². The van der Waals surface area contributed by atoms with Gasteiger partial charge in [-0.2, -0.15) is 0 Å². The lowest BCUT2D eigenvalue weighted by Crippen LogP contribution is -1.91. The second kappa shape index (κ2) is 1.09.